The van der Waals surface area contributed by atoms with Crippen molar-refractivity contribution in [1.29, 1.82) is 0 Å². The van der Waals surface area contributed by atoms with Crippen LogP contribution in [-0.4, -0.2) is 19.5 Å². The number of rotatable bonds is 7. The van der Waals surface area contributed by atoms with Gasteiger partial charge in [0.25, 0.3) is 5.91 Å². The van der Waals surface area contributed by atoms with Crippen molar-refractivity contribution in [2.75, 3.05) is 13.6 Å². The quantitative estimate of drug-likeness (QED) is 0.625. The number of halogens is 1. The van der Waals surface area contributed by atoms with E-state index >= 15 is 0 Å². The molecule has 0 aliphatic carbocycles. The van der Waals surface area contributed by atoms with Crippen LogP contribution in [0.5, 0.6) is 0 Å². The van der Waals surface area contributed by atoms with Gasteiger partial charge in [0.2, 0.25) is 0 Å². The summed E-state index contributed by atoms with van der Waals surface area (Å²) in [6.45, 7) is 1.48. The molecule has 138 valence electrons. The molecule has 0 bridgehead atoms. The topological polar surface area (TPSA) is 41.1 Å². The number of nitrogens with one attached hydrogen (secondary N) is 2. The Labute approximate surface area is 165 Å². The van der Waals surface area contributed by atoms with Crippen LogP contribution in [-0.2, 0) is 13.0 Å². The lowest BCUT2D eigenvalue weighted by Gasteiger charge is -2.08. The number of amides is 1. The second-order valence-corrected chi connectivity index (χ2v) is 6.87. The molecule has 3 rings (SSSR count). The summed E-state index contributed by atoms with van der Waals surface area (Å²) in [5.74, 6) is -0.0514. The average Bonchev–Trinajstić information content (AvgIpc) is 2.70. The Balaban J connectivity index is 1.52. The van der Waals surface area contributed by atoms with E-state index in [1.807, 2.05) is 55.6 Å². The molecule has 0 unspecified atom stereocenters. The van der Waals surface area contributed by atoms with Gasteiger partial charge in [0.1, 0.15) is 0 Å². The van der Waals surface area contributed by atoms with Crippen LogP contribution in [0.25, 0.3) is 11.1 Å². The number of hydrogen-bond acceptors (Lipinski definition) is 2. The third-order valence-electron chi connectivity index (χ3n) is 4.43. The normalized spacial score (nSPS) is 10.6. The molecule has 0 radical (unpaired) electrons. The van der Waals surface area contributed by atoms with E-state index in [4.69, 9.17) is 11.6 Å². The number of benzene rings is 3. The maximum atomic E-state index is 12.3. The highest BCUT2D eigenvalue weighted by Crippen LogP contribution is 2.21. The predicted molar refractivity (Wildman–Crippen MR) is 112 cm³/mol. The fourth-order valence-corrected chi connectivity index (χ4v) is 3.03. The Kier molecular flexibility index (Phi) is 6.64. The van der Waals surface area contributed by atoms with Crippen molar-refractivity contribution in [3.63, 3.8) is 0 Å². The van der Waals surface area contributed by atoms with Crippen LogP contribution >= 0.6 is 11.6 Å². The molecule has 3 aromatic rings. The van der Waals surface area contributed by atoms with Gasteiger partial charge in [-0.2, -0.15) is 0 Å². The summed E-state index contributed by atoms with van der Waals surface area (Å²) in [6, 6.07) is 23.7. The average molecular weight is 379 g/mol. The Morgan fingerprint density at radius 2 is 1.37 bits per heavy atom. The summed E-state index contributed by atoms with van der Waals surface area (Å²) in [7, 11) is 1.94. The summed E-state index contributed by atoms with van der Waals surface area (Å²) >= 11 is 5.92. The summed E-state index contributed by atoms with van der Waals surface area (Å²) in [4.78, 5) is 12.3. The smallest absolute Gasteiger partial charge is 0.251 e. The fraction of sp³-hybridized carbons (Fsp3) is 0.174. The van der Waals surface area contributed by atoms with Gasteiger partial charge in [-0.15, -0.1) is 0 Å². The summed E-state index contributed by atoms with van der Waals surface area (Å²) in [6.07, 6.45) is 0.814. The first-order chi connectivity index (χ1) is 13.2. The zero-order valence-corrected chi connectivity index (χ0v) is 16.1. The minimum absolute atomic E-state index is 0.0514. The van der Waals surface area contributed by atoms with Crippen LogP contribution < -0.4 is 10.6 Å². The van der Waals surface area contributed by atoms with E-state index in [2.05, 4.69) is 34.9 Å². The van der Waals surface area contributed by atoms with E-state index in [-0.39, 0.29) is 5.91 Å². The number of carbonyl (C=O) groups is 1. The zero-order valence-electron chi connectivity index (χ0n) is 15.3. The van der Waals surface area contributed by atoms with Crippen LogP contribution in [0, 0.1) is 0 Å². The van der Waals surface area contributed by atoms with Crippen molar-refractivity contribution >= 4 is 17.5 Å². The van der Waals surface area contributed by atoms with E-state index in [0.29, 0.717) is 17.1 Å². The Morgan fingerprint density at radius 3 is 1.96 bits per heavy atom. The van der Waals surface area contributed by atoms with Gasteiger partial charge in [-0.25, -0.2) is 0 Å². The van der Waals surface area contributed by atoms with Gasteiger partial charge in [0.15, 0.2) is 0 Å². The molecule has 0 spiro atoms. The Morgan fingerprint density at radius 1 is 0.815 bits per heavy atom. The highest BCUT2D eigenvalue weighted by atomic mass is 35.5. The van der Waals surface area contributed by atoms with E-state index in [1.54, 1.807) is 0 Å². The molecule has 0 heterocycles. The molecule has 0 aromatic heterocycles. The van der Waals surface area contributed by atoms with Gasteiger partial charge in [0.05, 0.1) is 0 Å². The van der Waals surface area contributed by atoms with Gasteiger partial charge in [-0.05, 0) is 60.0 Å². The second-order valence-electron chi connectivity index (χ2n) is 6.44. The van der Waals surface area contributed by atoms with Gasteiger partial charge in [-0.1, -0.05) is 60.1 Å². The first kappa shape index (κ1) is 19.2. The van der Waals surface area contributed by atoms with Crippen LogP contribution in [0.3, 0.4) is 0 Å². The largest absolute Gasteiger partial charge is 0.352 e. The lowest BCUT2D eigenvalue weighted by molar-refractivity contribution is 0.0954. The molecule has 3 nitrogen and oxygen atoms in total. The first-order valence-corrected chi connectivity index (χ1v) is 9.40. The van der Waals surface area contributed by atoms with E-state index in [0.717, 1.165) is 24.1 Å². The standard InChI is InChI=1S/C23H23ClN2O/c1-25-16-18-4-2-17(3-5-18)14-15-26-23(27)21-8-6-19(7-9-21)20-10-12-22(24)13-11-20/h2-13,25H,14-16H2,1H3,(H,26,27). The monoisotopic (exact) mass is 378 g/mol. The minimum atomic E-state index is -0.0514. The minimum Gasteiger partial charge on any atom is -0.352 e. The van der Waals surface area contributed by atoms with Crippen molar-refractivity contribution < 1.29 is 4.79 Å². The van der Waals surface area contributed by atoms with E-state index in [1.165, 1.54) is 11.1 Å². The third kappa shape index (κ3) is 5.43. The summed E-state index contributed by atoms with van der Waals surface area (Å²) < 4.78 is 0. The number of hydrogen-bond donors (Lipinski definition) is 2. The molecular formula is C23H23ClN2O. The maximum absolute atomic E-state index is 12.3. The molecule has 1 amide bonds. The van der Waals surface area contributed by atoms with Gasteiger partial charge < -0.3 is 10.6 Å². The van der Waals surface area contributed by atoms with Crippen LogP contribution in [0.15, 0.2) is 72.8 Å². The summed E-state index contributed by atoms with van der Waals surface area (Å²) in [5.41, 5.74) is 5.27. The van der Waals surface area contributed by atoms with E-state index in [9.17, 15) is 4.79 Å². The molecule has 0 aliphatic heterocycles. The van der Waals surface area contributed by atoms with E-state index < -0.39 is 0 Å². The molecule has 0 atom stereocenters. The van der Waals surface area contributed by atoms with Gasteiger partial charge >= 0.3 is 0 Å². The molecule has 0 fully saturated rings. The zero-order chi connectivity index (χ0) is 19.1. The highest BCUT2D eigenvalue weighted by molar-refractivity contribution is 6.30. The van der Waals surface area contributed by atoms with Crippen LogP contribution in [0.4, 0.5) is 0 Å². The molecule has 0 saturated heterocycles. The first-order valence-electron chi connectivity index (χ1n) is 9.02. The Hall–Kier alpha value is -2.62. The van der Waals surface area contributed by atoms with Crippen LogP contribution in [0.1, 0.15) is 21.5 Å². The van der Waals surface area contributed by atoms with Gasteiger partial charge in [-0.3, -0.25) is 4.79 Å². The SMILES string of the molecule is CNCc1ccc(CCNC(=O)c2ccc(-c3ccc(Cl)cc3)cc2)cc1. The molecular weight excluding hydrogens is 356 g/mol. The van der Waals surface area contributed by atoms with Gasteiger partial charge in [0, 0.05) is 23.7 Å². The second kappa shape index (κ2) is 9.36. The van der Waals surface area contributed by atoms with Crippen molar-refractivity contribution in [2.45, 2.75) is 13.0 Å². The third-order valence-corrected chi connectivity index (χ3v) is 4.68. The maximum Gasteiger partial charge on any atom is 0.251 e. The molecule has 0 aliphatic rings. The molecule has 2 N–H and O–H groups in total. The predicted octanol–water partition coefficient (Wildman–Crippen LogP) is 4.70. The van der Waals surface area contributed by atoms with Crippen molar-refractivity contribution in [1.82, 2.24) is 10.6 Å². The fourth-order valence-electron chi connectivity index (χ4n) is 2.91. The molecule has 27 heavy (non-hydrogen) atoms. The summed E-state index contributed by atoms with van der Waals surface area (Å²) in [5, 5.41) is 6.83. The van der Waals surface area contributed by atoms with Crippen molar-refractivity contribution in [3.05, 3.63) is 94.5 Å². The molecule has 0 saturated carbocycles. The van der Waals surface area contributed by atoms with Crippen molar-refractivity contribution in [3.8, 4) is 11.1 Å². The highest BCUT2D eigenvalue weighted by Gasteiger charge is 2.06. The van der Waals surface area contributed by atoms with Crippen LogP contribution in [0.2, 0.25) is 5.02 Å². The lowest BCUT2D eigenvalue weighted by Crippen LogP contribution is -2.25. The molecule has 3 aromatic carbocycles. The number of carbonyl (C=O) groups excluding carboxylic acids is 1. The molecule has 4 heteroatoms. The van der Waals surface area contributed by atoms with Crippen molar-refractivity contribution in [2.24, 2.45) is 0 Å². The lowest BCUT2D eigenvalue weighted by atomic mass is 10.0. The Bertz CT molecular complexity index is 872.